The largest absolute Gasteiger partial charge is 0.595 e. The van der Waals surface area contributed by atoms with Crippen molar-refractivity contribution in [3.63, 3.8) is 0 Å². The number of epoxide rings is 1. The van der Waals surface area contributed by atoms with E-state index in [1.807, 2.05) is 72.0 Å². The fourth-order valence-corrected chi connectivity index (χ4v) is 10.3. The zero-order valence-corrected chi connectivity index (χ0v) is 45.0. The maximum Gasteiger partial charge on any atom is 0.248 e. The van der Waals surface area contributed by atoms with Gasteiger partial charge in [0.15, 0.2) is 5.75 Å². The second kappa shape index (κ2) is 24.1. The van der Waals surface area contributed by atoms with E-state index in [4.69, 9.17) is 4.74 Å². The summed E-state index contributed by atoms with van der Waals surface area (Å²) in [6.07, 6.45) is 3.46. The van der Waals surface area contributed by atoms with Crippen molar-refractivity contribution in [3.05, 3.63) is 77.1 Å². The van der Waals surface area contributed by atoms with E-state index in [0.29, 0.717) is 12.2 Å². The molecule has 21 nitrogen and oxygen atoms in total. The van der Waals surface area contributed by atoms with Gasteiger partial charge in [0.25, 0.3) is 0 Å². The van der Waals surface area contributed by atoms with Crippen molar-refractivity contribution in [3.8, 4) is 5.75 Å². The molecule has 3 fully saturated rings. The number of phenols is 1. The third-order valence-electron chi connectivity index (χ3n) is 14.8. The lowest BCUT2D eigenvalue weighted by atomic mass is 9.89. The van der Waals surface area contributed by atoms with Gasteiger partial charge in [0.2, 0.25) is 47.0 Å². The highest BCUT2D eigenvalue weighted by molar-refractivity contribution is 5.99. The first-order valence-corrected chi connectivity index (χ1v) is 25.9. The second-order valence-electron chi connectivity index (χ2n) is 21.9. The number of fused-ring (bicyclic) bond motifs is 3. The third kappa shape index (κ3) is 13.2. The predicted molar refractivity (Wildman–Crippen MR) is 278 cm³/mol. The summed E-state index contributed by atoms with van der Waals surface area (Å²) in [5.74, 6) is -6.87. The zero-order valence-electron chi connectivity index (χ0n) is 45.0. The van der Waals surface area contributed by atoms with Crippen molar-refractivity contribution in [1.29, 1.82) is 0 Å². The van der Waals surface area contributed by atoms with Crippen LogP contribution in [0.3, 0.4) is 0 Å². The average molecular weight is 1040 g/mol. The van der Waals surface area contributed by atoms with Crippen LogP contribution in [0.25, 0.3) is 10.9 Å². The van der Waals surface area contributed by atoms with E-state index in [1.165, 1.54) is 32.0 Å². The molecule has 75 heavy (non-hydrogen) atoms. The van der Waals surface area contributed by atoms with Gasteiger partial charge in [-0.25, -0.2) is 5.21 Å². The average Bonchev–Trinajstić information content (AvgIpc) is 4.16. The molecule has 3 aliphatic heterocycles. The molecular weight excluding hydrogens is 967 g/mol. The summed E-state index contributed by atoms with van der Waals surface area (Å²) in [6, 6.07) is 2.05. The van der Waals surface area contributed by atoms with Gasteiger partial charge in [0, 0.05) is 56.0 Å². The van der Waals surface area contributed by atoms with Crippen LogP contribution in [0.4, 0.5) is 5.69 Å². The Morgan fingerprint density at radius 1 is 0.800 bits per heavy atom. The van der Waals surface area contributed by atoms with E-state index in [2.05, 4.69) is 25.8 Å². The molecule has 1 aromatic heterocycles. The number of allylic oxidation sites excluding steroid dienone is 1. The van der Waals surface area contributed by atoms with E-state index < -0.39 is 118 Å². The Hall–Kier alpha value is -6.39. The van der Waals surface area contributed by atoms with Gasteiger partial charge < -0.3 is 60.7 Å². The molecule has 7 amide bonds. The molecule has 4 heterocycles. The van der Waals surface area contributed by atoms with Crippen LogP contribution in [0.5, 0.6) is 5.75 Å². The van der Waals surface area contributed by atoms with Crippen molar-refractivity contribution >= 4 is 57.9 Å². The number of benzene rings is 2. The molecule has 0 aliphatic carbocycles. The Kier molecular flexibility index (Phi) is 18.6. The number of quaternary nitrogens is 1. The van der Waals surface area contributed by atoms with E-state index in [0.717, 1.165) is 32.8 Å². The van der Waals surface area contributed by atoms with Crippen LogP contribution >= 0.6 is 0 Å². The lowest BCUT2D eigenvalue weighted by Gasteiger charge is -2.46. The minimum atomic E-state index is -1.50. The van der Waals surface area contributed by atoms with Gasteiger partial charge in [0.1, 0.15) is 54.6 Å². The number of aromatic nitrogens is 1. The number of aromatic hydroxyl groups is 1. The van der Waals surface area contributed by atoms with Crippen LogP contribution in [0.1, 0.15) is 99.1 Å². The number of para-hydroxylation sites is 1. The summed E-state index contributed by atoms with van der Waals surface area (Å²) >= 11 is 0. The number of rotatable bonds is 13. The quantitative estimate of drug-likeness (QED) is 0.0528. The molecule has 410 valence electrons. The molecule has 2 aromatic carbocycles. The van der Waals surface area contributed by atoms with Gasteiger partial charge in [-0.05, 0) is 88.5 Å². The van der Waals surface area contributed by atoms with E-state index in [-0.39, 0.29) is 62.0 Å². The van der Waals surface area contributed by atoms with Gasteiger partial charge in [-0.1, -0.05) is 71.0 Å². The van der Waals surface area contributed by atoms with Crippen LogP contribution in [-0.2, 0) is 56.7 Å². The van der Waals surface area contributed by atoms with E-state index in [9.17, 15) is 49.4 Å². The molecule has 11 atom stereocenters. The first-order valence-electron chi connectivity index (χ1n) is 25.9. The predicted octanol–water partition coefficient (Wildman–Crippen LogP) is 1.91. The molecule has 21 heteroatoms. The minimum absolute atomic E-state index is 0.00209. The highest BCUT2D eigenvalue weighted by atomic mass is 16.8. The van der Waals surface area contributed by atoms with E-state index >= 15 is 4.79 Å². The summed E-state index contributed by atoms with van der Waals surface area (Å²) in [7, 11) is 2.81. The van der Waals surface area contributed by atoms with Crippen LogP contribution in [0, 0.1) is 23.0 Å². The van der Waals surface area contributed by atoms with Crippen molar-refractivity contribution in [2.24, 2.45) is 17.8 Å². The lowest BCUT2D eigenvalue weighted by molar-refractivity contribution is -0.991. The fraction of sp³-hybridized carbons (Fsp3) is 0.574. The number of phenolic OH excluding ortho intramolecular Hbond substituents is 1. The summed E-state index contributed by atoms with van der Waals surface area (Å²) < 4.78 is 7.85. The van der Waals surface area contributed by atoms with Gasteiger partial charge in [-0.15, -0.1) is 0 Å². The first kappa shape index (κ1) is 57.9. The van der Waals surface area contributed by atoms with Crippen molar-refractivity contribution < 1.29 is 58.9 Å². The molecule has 3 aromatic rings. The summed E-state index contributed by atoms with van der Waals surface area (Å²) in [5.41, 5.74) is 0.806. The number of hydrogen-bond acceptors (Lipinski definition) is 12. The van der Waals surface area contributed by atoms with Crippen molar-refractivity contribution in [2.45, 2.75) is 161 Å². The number of carbonyl (C=O) groups excluding carboxylic acids is 7. The molecule has 6 rings (SSSR count). The smallest absolute Gasteiger partial charge is 0.248 e. The van der Waals surface area contributed by atoms with Gasteiger partial charge in [0.05, 0.1) is 12.1 Å². The summed E-state index contributed by atoms with van der Waals surface area (Å²) in [5, 5.41) is 54.6. The summed E-state index contributed by atoms with van der Waals surface area (Å²) in [4.78, 5) is 107. The Morgan fingerprint density at radius 3 is 2.03 bits per heavy atom. The van der Waals surface area contributed by atoms with Crippen molar-refractivity contribution in [1.82, 2.24) is 40.5 Å². The number of likely N-dealkylation sites (N-methyl/N-ethyl adjacent to an activating group) is 2. The van der Waals surface area contributed by atoms with Gasteiger partial charge in [-0.3, -0.25) is 33.6 Å². The first-order chi connectivity index (χ1) is 35.3. The Morgan fingerprint density at radius 2 is 1.40 bits per heavy atom. The van der Waals surface area contributed by atoms with Crippen LogP contribution < -0.4 is 26.5 Å². The molecule has 2 bridgehead atoms. The maximum absolute atomic E-state index is 15.4. The number of nitrogens with one attached hydrogen (secondary N) is 5. The number of hydrogen-bond donors (Lipinski definition) is 8. The van der Waals surface area contributed by atoms with Crippen LogP contribution in [-0.4, -0.2) is 151 Å². The minimum Gasteiger partial charge on any atom is -0.595 e. The monoisotopic (exact) mass is 1040 g/mol. The Balaban J connectivity index is 1.51. The summed E-state index contributed by atoms with van der Waals surface area (Å²) in [6.45, 7) is 16.9. The number of amides is 7. The lowest BCUT2D eigenvalue weighted by Crippen LogP contribution is -2.99. The normalized spacial score (nSPS) is 27.6. The van der Waals surface area contributed by atoms with E-state index in [1.54, 1.807) is 26.0 Å². The number of piperidine rings is 1. The topological polar surface area (TPSA) is 283 Å². The molecule has 0 saturated carbocycles. The molecular formula is C54H77N9O12. The molecule has 0 spiro atoms. The number of aliphatic hydroxyl groups is 1. The second-order valence-corrected chi connectivity index (χ2v) is 21.9. The zero-order chi connectivity index (χ0) is 55.4. The highest BCUT2D eigenvalue weighted by Gasteiger charge is 2.48. The van der Waals surface area contributed by atoms with Crippen molar-refractivity contribution in [2.75, 3.05) is 20.7 Å². The third-order valence-corrected chi connectivity index (χ3v) is 14.8. The molecule has 8 N–H and O–H groups in total. The SMILES string of the molecule is C/C=C/C[C@@H]1NC(=O)[C@H](CC(C)C)N2C(=O)[C@H](C[C@H](C)C2O)N(C)C(=O)[C@H](C)NC(=O)[C@H](Cc2ccc(O)c([NH+]([O-])O)c2)NC(=O)[C@H](CC(C)C)N(C)C(=O)[C@H](Cc2cn(C(C)(C)[C@H]3CO3)c3ccccc23)NC1=O. The molecule has 0 radical (unpaired) electrons. The molecule has 2 unspecified atom stereocenters. The Labute approximate surface area is 438 Å². The number of nitrogens with zero attached hydrogens (tertiary/aromatic N) is 4. The van der Waals surface area contributed by atoms with Gasteiger partial charge >= 0.3 is 0 Å². The number of aliphatic hydroxyl groups excluding tert-OH is 1. The van der Waals surface area contributed by atoms with Gasteiger partial charge in [-0.2, -0.15) is 5.23 Å². The standard InChI is InChI=1S/C54H77N9O12/c1-12-13-17-36-46(65)58-38(26-34-27-61(54(8,9)45-28-75-45)39-18-15-14-16-35(34)39)52(71)59(10)41(21-29(2)3)48(67)57-37(24-33-19-20-44(64)40(25-33)63(73)74)47(66)55-32(7)51(70)60(11)43-23-31(6)50(69)62(53(43)72)42(22-30(4)5)49(68)56-36/h12-16,18-20,25,27,29-32,36-38,41-43,45,50,63-64,69,73H,17,21-24,26,28H2,1-11H3,(H,55,66)(H,56,68)(H,57,67)(H,58,65)/b13-12+/t31-,32-,36-,37-,38-,41-,42-,43-,45+,50?/m0/s1. The maximum atomic E-state index is 15.4. The Bertz CT molecular complexity index is 2630. The highest BCUT2D eigenvalue weighted by Crippen LogP contribution is 2.37. The number of carbonyl (C=O) groups is 7. The number of ether oxygens (including phenoxy) is 1. The van der Waals surface area contributed by atoms with Crippen LogP contribution in [0.15, 0.2) is 60.8 Å². The fourth-order valence-electron chi connectivity index (χ4n) is 10.3. The molecule has 3 aliphatic rings. The van der Waals surface area contributed by atoms with Crippen LogP contribution in [0.2, 0.25) is 0 Å². The molecule has 3 saturated heterocycles.